The second-order valence-electron chi connectivity index (χ2n) is 4.58. The molecule has 0 aliphatic rings. The molecular weight excluding hydrogens is 288 g/mol. The number of nitrogens with one attached hydrogen (secondary N) is 2. The van der Waals surface area contributed by atoms with Crippen LogP contribution in [0.15, 0.2) is 48.5 Å². The number of carbonyl (C=O) groups is 1. The minimum Gasteiger partial charge on any atom is -0.495 e. The zero-order valence-corrected chi connectivity index (χ0v) is 12.6. The Bertz CT molecular complexity index is 631. The number of amides is 2. The maximum atomic E-state index is 12.0. The average molecular weight is 305 g/mol. The van der Waals surface area contributed by atoms with Gasteiger partial charge in [-0.25, -0.2) is 4.79 Å². The monoisotopic (exact) mass is 304 g/mol. The van der Waals surface area contributed by atoms with Gasteiger partial charge in [0.2, 0.25) is 0 Å². The molecule has 0 aromatic heterocycles. The Hall–Kier alpha value is -2.20. The first kappa shape index (κ1) is 15.2. The number of anilines is 1. The number of para-hydroxylation sites is 2. The Balaban J connectivity index is 2.01. The molecule has 5 heteroatoms. The van der Waals surface area contributed by atoms with Crippen molar-refractivity contribution in [1.82, 2.24) is 5.32 Å². The van der Waals surface area contributed by atoms with Crippen LogP contribution in [-0.4, -0.2) is 13.1 Å². The topological polar surface area (TPSA) is 50.4 Å². The fourth-order valence-corrected chi connectivity index (χ4v) is 2.16. The quantitative estimate of drug-likeness (QED) is 0.888. The second kappa shape index (κ2) is 6.99. The van der Waals surface area contributed by atoms with E-state index in [4.69, 9.17) is 16.3 Å². The van der Waals surface area contributed by atoms with Crippen LogP contribution in [-0.2, 0) is 0 Å². The van der Waals surface area contributed by atoms with Crippen LogP contribution in [0.5, 0.6) is 5.75 Å². The molecule has 0 aliphatic carbocycles. The van der Waals surface area contributed by atoms with E-state index in [1.807, 2.05) is 37.3 Å². The largest absolute Gasteiger partial charge is 0.495 e. The summed E-state index contributed by atoms with van der Waals surface area (Å²) in [7, 11) is 1.56. The standard InChI is InChI=1S/C16H17ClN2O2/c1-11(12-6-5-7-13(17)10-12)18-16(20)19-14-8-3-4-9-15(14)21-2/h3-11H,1-2H3,(H2,18,19,20). The molecule has 1 unspecified atom stereocenters. The van der Waals surface area contributed by atoms with E-state index in [1.54, 1.807) is 25.3 Å². The molecule has 2 aromatic rings. The molecule has 0 fully saturated rings. The fraction of sp³-hybridized carbons (Fsp3) is 0.188. The van der Waals surface area contributed by atoms with Gasteiger partial charge in [0.1, 0.15) is 5.75 Å². The third-order valence-corrected chi connectivity index (χ3v) is 3.29. The van der Waals surface area contributed by atoms with Gasteiger partial charge in [-0.3, -0.25) is 0 Å². The number of ether oxygens (including phenoxy) is 1. The van der Waals surface area contributed by atoms with E-state index in [0.29, 0.717) is 16.5 Å². The summed E-state index contributed by atoms with van der Waals surface area (Å²) in [6.45, 7) is 1.90. The first-order chi connectivity index (χ1) is 10.1. The summed E-state index contributed by atoms with van der Waals surface area (Å²) < 4.78 is 5.19. The number of halogens is 1. The van der Waals surface area contributed by atoms with E-state index in [-0.39, 0.29) is 12.1 Å². The molecule has 2 N–H and O–H groups in total. The van der Waals surface area contributed by atoms with E-state index in [9.17, 15) is 4.79 Å². The van der Waals surface area contributed by atoms with Gasteiger partial charge >= 0.3 is 6.03 Å². The molecule has 4 nitrogen and oxygen atoms in total. The maximum absolute atomic E-state index is 12.0. The predicted octanol–water partition coefficient (Wildman–Crippen LogP) is 4.23. The lowest BCUT2D eigenvalue weighted by Gasteiger charge is -2.16. The Morgan fingerprint density at radius 1 is 1.19 bits per heavy atom. The molecule has 0 aliphatic heterocycles. The van der Waals surface area contributed by atoms with Crippen LogP contribution in [0.3, 0.4) is 0 Å². The van der Waals surface area contributed by atoms with E-state index in [0.717, 1.165) is 5.56 Å². The van der Waals surface area contributed by atoms with E-state index in [2.05, 4.69) is 10.6 Å². The van der Waals surface area contributed by atoms with Crippen molar-refractivity contribution >= 4 is 23.3 Å². The Morgan fingerprint density at radius 2 is 1.95 bits per heavy atom. The number of carbonyl (C=O) groups excluding carboxylic acids is 1. The lowest BCUT2D eigenvalue weighted by atomic mass is 10.1. The molecule has 0 bridgehead atoms. The van der Waals surface area contributed by atoms with Crippen LogP contribution >= 0.6 is 11.6 Å². The summed E-state index contributed by atoms with van der Waals surface area (Å²) in [6, 6.07) is 14.2. The van der Waals surface area contributed by atoms with Crippen molar-refractivity contribution < 1.29 is 9.53 Å². The van der Waals surface area contributed by atoms with Gasteiger partial charge in [0.15, 0.2) is 0 Å². The molecule has 1 atom stereocenters. The van der Waals surface area contributed by atoms with Gasteiger partial charge in [-0.1, -0.05) is 35.9 Å². The Kier molecular flexibility index (Phi) is 5.06. The lowest BCUT2D eigenvalue weighted by molar-refractivity contribution is 0.249. The van der Waals surface area contributed by atoms with Gasteiger partial charge in [-0.2, -0.15) is 0 Å². The first-order valence-corrected chi connectivity index (χ1v) is 6.94. The summed E-state index contributed by atoms with van der Waals surface area (Å²) in [6.07, 6.45) is 0. The smallest absolute Gasteiger partial charge is 0.319 e. The van der Waals surface area contributed by atoms with Gasteiger partial charge in [-0.05, 0) is 36.8 Å². The van der Waals surface area contributed by atoms with Gasteiger partial charge in [-0.15, -0.1) is 0 Å². The van der Waals surface area contributed by atoms with Gasteiger partial charge in [0.25, 0.3) is 0 Å². The van der Waals surface area contributed by atoms with Crippen molar-refractivity contribution in [2.75, 3.05) is 12.4 Å². The van der Waals surface area contributed by atoms with Gasteiger partial charge in [0, 0.05) is 5.02 Å². The normalized spacial score (nSPS) is 11.6. The van der Waals surface area contributed by atoms with Crippen LogP contribution < -0.4 is 15.4 Å². The summed E-state index contributed by atoms with van der Waals surface area (Å²) in [4.78, 5) is 12.0. The Morgan fingerprint density at radius 3 is 2.67 bits per heavy atom. The highest BCUT2D eigenvalue weighted by Gasteiger charge is 2.11. The molecule has 21 heavy (non-hydrogen) atoms. The predicted molar refractivity (Wildman–Crippen MR) is 85.0 cm³/mol. The summed E-state index contributed by atoms with van der Waals surface area (Å²) in [5, 5.41) is 6.27. The minimum atomic E-state index is -0.299. The number of rotatable bonds is 4. The highest BCUT2D eigenvalue weighted by molar-refractivity contribution is 6.30. The van der Waals surface area contributed by atoms with Crippen molar-refractivity contribution in [3.8, 4) is 5.75 Å². The summed E-state index contributed by atoms with van der Waals surface area (Å²) in [5.74, 6) is 0.614. The number of methoxy groups -OCH3 is 1. The van der Waals surface area contributed by atoms with Crippen molar-refractivity contribution in [3.05, 3.63) is 59.1 Å². The van der Waals surface area contributed by atoms with Gasteiger partial charge in [0.05, 0.1) is 18.8 Å². The molecule has 2 rings (SSSR count). The molecular formula is C16H17ClN2O2. The minimum absolute atomic E-state index is 0.154. The molecule has 2 amide bonds. The molecule has 110 valence electrons. The van der Waals surface area contributed by atoms with Crippen LogP contribution in [0.4, 0.5) is 10.5 Å². The van der Waals surface area contributed by atoms with Crippen molar-refractivity contribution in [3.63, 3.8) is 0 Å². The first-order valence-electron chi connectivity index (χ1n) is 6.56. The molecule has 2 aromatic carbocycles. The van der Waals surface area contributed by atoms with Gasteiger partial charge < -0.3 is 15.4 Å². The second-order valence-corrected chi connectivity index (χ2v) is 5.01. The van der Waals surface area contributed by atoms with E-state index in [1.165, 1.54) is 0 Å². The van der Waals surface area contributed by atoms with Crippen LogP contribution in [0.2, 0.25) is 5.02 Å². The number of benzene rings is 2. The van der Waals surface area contributed by atoms with Crippen LogP contribution in [0.25, 0.3) is 0 Å². The third kappa shape index (κ3) is 4.13. The van der Waals surface area contributed by atoms with E-state index < -0.39 is 0 Å². The Labute approximate surface area is 129 Å². The highest BCUT2D eigenvalue weighted by atomic mass is 35.5. The number of hydrogen-bond acceptors (Lipinski definition) is 2. The van der Waals surface area contributed by atoms with Crippen LogP contribution in [0.1, 0.15) is 18.5 Å². The van der Waals surface area contributed by atoms with Crippen molar-refractivity contribution in [2.45, 2.75) is 13.0 Å². The number of urea groups is 1. The lowest BCUT2D eigenvalue weighted by Crippen LogP contribution is -2.31. The van der Waals surface area contributed by atoms with E-state index >= 15 is 0 Å². The zero-order valence-electron chi connectivity index (χ0n) is 11.9. The molecule has 0 saturated heterocycles. The number of hydrogen-bond donors (Lipinski definition) is 2. The third-order valence-electron chi connectivity index (χ3n) is 3.05. The molecule has 0 heterocycles. The zero-order chi connectivity index (χ0) is 15.2. The fourth-order valence-electron chi connectivity index (χ4n) is 1.96. The van der Waals surface area contributed by atoms with Crippen LogP contribution in [0, 0.1) is 0 Å². The highest BCUT2D eigenvalue weighted by Crippen LogP contribution is 2.23. The SMILES string of the molecule is COc1ccccc1NC(=O)NC(C)c1cccc(Cl)c1. The maximum Gasteiger partial charge on any atom is 0.319 e. The van der Waals surface area contributed by atoms with Crippen molar-refractivity contribution in [2.24, 2.45) is 0 Å². The summed E-state index contributed by atoms with van der Waals surface area (Å²) >= 11 is 5.95. The summed E-state index contributed by atoms with van der Waals surface area (Å²) in [5.41, 5.74) is 1.56. The average Bonchev–Trinajstić information content (AvgIpc) is 2.47. The molecule has 0 spiro atoms. The molecule has 0 radical (unpaired) electrons. The van der Waals surface area contributed by atoms with Crippen molar-refractivity contribution in [1.29, 1.82) is 0 Å². The molecule has 0 saturated carbocycles.